The number of carbonyl (C=O) groups is 2. The molecule has 0 saturated carbocycles. The summed E-state index contributed by atoms with van der Waals surface area (Å²) in [5.41, 5.74) is 1.93. The Balaban J connectivity index is 1.35. The van der Waals surface area contributed by atoms with Crippen molar-refractivity contribution in [1.29, 1.82) is 0 Å². The molecule has 0 radical (unpaired) electrons. The Morgan fingerprint density at radius 3 is 2.52 bits per heavy atom. The normalized spacial score (nSPS) is 17.1. The summed E-state index contributed by atoms with van der Waals surface area (Å²) in [5.74, 6) is -1.14. The largest absolute Gasteiger partial charge is 0.378 e. The summed E-state index contributed by atoms with van der Waals surface area (Å²) in [5, 5.41) is 6.25. The standard InChI is InChI=1S/C23H21BrF2N4O3/c1-14(21(32)30-12-11-18(13-30)15-5-3-2-4-6-15)27-20(31)17-9-7-16(8-10-17)19-28-22(33-29-19)23(24,25)26/h2-10,14,18H,11-13H2,1H3,(H,27,31)/t14-,18?/m1/s1. The second-order valence-electron chi connectivity index (χ2n) is 7.87. The highest BCUT2D eigenvalue weighted by atomic mass is 79.9. The zero-order chi connectivity index (χ0) is 23.6. The number of halogens is 3. The first-order valence-corrected chi connectivity index (χ1v) is 11.2. The zero-order valence-electron chi connectivity index (χ0n) is 17.7. The Hall–Kier alpha value is -3.14. The molecule has 1 fully saturated rings. The Bertz CT molecular complexity index is 1130. The van der Waals surface area contributed by atoms with Gasteiger partial charge in [-0.2, -0.15) is 13.8 Å². The summed E-state index contributed by atoms with van der Waals surface area (Å²) in [4.78, 5) is 27.4. The monoisotopic (exact) mass is 518 g/mol. The Labute approximate surface area is 197 Å². The van der Waals surface area contributed by atoms with Gasteiger partial charge in [0.1, 0.15) is 6.04 Å². The molecule has 2 amide bonds. The van der Waals surface area contributed by atoms with Gasteiger partial charge in [-0.05, 0) is 31.0 Å². The highest BCUT2D eigenvalue weighted by Crippen LogP contribution is 2.34. The molecule has 2 aromatic carbocycles. The quantitative estimate of drug-likeness (QED) is 0.491. The Morgan fingerprint density at radius 2 is 1.88 bits per heavy atom. The van der Waals surface area contributed by atoms with E-state index in [0.717, 1.165) is 6.42 Å². The number of alkyl halides is 3. The molecule has 0 bridgehead atoms. The van der Waals surface area contributed by atoms with Crippen LogP contribution in [0.1, 0.15) is 41.1 Å². The number of rotatable bonds is 6. The molecular weight excluding hydrogens is 498 g/mol. The van der Waals surface area contributed by atoms with Crippen molar-refractivity contribution in [1.82, 2.24) is 20.4 Å². The van der Waals surface area contributed by atoms with Crippen LogP contribution in [0.15, 0.2) is 59.1 Å². The fourth-order valence-electron chi connectivity index (χ4n) is 3.80. The van der Waals surface area contributed by atoms with Crippen LogP contribution in [-0.2, 0) is 9.63 Å². The zero-order valence-corrected chi connectivity index (χ0v) is 19.3. The third-order valence-corrected chi connectivity index (χ3v) is 5.90. The van der Waals surface area contributed by atoms with E-state index in [2.05, 4.69) is 48.0 Å². The van der Waals surface area contributed by atoms with Gasteiger partial charge in [-0.25, -0.2) is 0 Å². The first-order valence-electron chi connectivity index (χ1n) is 10.4. The highest BCUT2D eigenvalue weighted by molar-refractivity contribution is 9.09. The molecule has 1 aromatic heterocycles. The fourth-order valence-corrected chi connectivity index (χ4v) is 3.96. The smallest absolute Gasteiger partial charge is 0.341 e. The van der Waals surface area contributed by atoms with Gasteiger partial charge in [-0.15, -0.1) is 0 Å². The molecule has 1 unspecified atom stereocenters. The number of amides is 2. The number of hydrogen-bond donors (Lipinski definition) is 1. The summed E-state index contributed by atoms with van der Waals surface area (Å²) in [6.45, 7) is 2.93. The number of benzene rings is 2. The average Bonchev–Trinajstić information content (AvgIpc) is 3.49. The van der Waals surface area contributed by atoms with Crippen LogP contribution in [0.4, 0.5) is 8.78 Å². The van der Waals surface area contributed by atoms with Crippen molar-refractivity contribution in [2.75, 3.05) is 13.1 Å². The number of hydrogen-bond acceptors (Lipinski definition) is 5. The highest BCUT2D eigenvalue weighted by Gasteiger charge is 2.35. The first-order chi connectivity index (χ1) is 15.7. The lowest BCUT2D eigenvalue weighted by atomic mass is 9.99. The molecule has 172 valence electrons. The number of aromatic nitrogens is 2. The van der Waals surface area contributed by atoms with E-state index in [9.17, 15) is 18.4 Å². The van der Waals surface area contributed by atoms with Crippen molar-refractivity contribution < 1.29 is 22.9 Å². The molecule has 2 atom stereocenters. The lowest BCUT2D eigenvalue weighted by Gasteiger charge is -2.22. The topological polar surface area (TPSA) is 88.3 Å². The van der Waals surface area contributed by atoms with Crippen LogP contribution in [0.3, 0.4) is 0 Å². The van der Waals surface area contributed by atoms with Crippen LogP contribution in [0.25, 0.3) is 11.4 Å². The SMILES string of the molecule is C[C@@H](NC(=O)c1ccc(-c2noc(C(F)(F)Br)n2)cc1)C(=O)N1CCC(c2ccccc2)C1. The minimum atomic E-state index is -3.42. The second-order valence-corrected chi connectivity index (χ2v) is 8.87. The van der Waals surface area contributed by atoms with Gasteiger partial charge in [0.15, 0.2) is 0 Å². The minimum Gasteiger partial charge on any atom is -0.341 e. The molecule has 1 aliphatic rings. The number of nitrogens with one attached hydrogen (secondary N) is 1. The van der Waals surface area contributed by atoms with Gasteiger partial charge in [-0.3, -0.25) is 9.59 Å². The maximum atomic E-state index is 13.2. The van der Waals surface area contributed by atoms with E-state index < -0.39 is 22.7 Å². The van der Waals surface area contributed by atoms with Gasteiger partial charge in [-0.1, -0.05) is 47.6 Å². The van der Waals surface area contributed by atoms with E-state index in [1.165, 1.54) is 29.8 Å². The lowest BCUT2D eigenvalue weighted by Crippen LogP contribution is -2.46. The molecule has 1 N–H and O–H groups in total. The summed E-state index contributed by atoms with van der Waals surface area (Å²) < 4.78 is 30.9. The summed E-state index contributed by atoms with van der Waals surface area (Å²) >= 11 is 2.16. The van der Waals surface area contributed by atoms with Crippen molar-refractivity contribution in [3.05, 3.63) is 71.6 Å². The number of nitrogens with zero attached hydrogens (tertiary/aromatic N) is 3. The third kappa shape index (κ3) is 5.27. The molecule has 7 nitrogen and oxygen atoms in total. The van der Waals surface area contributed by atoms with Crippen molar-refractivity contribution in [2.24, 2.45) is 0 Å². The Kier molecular flexibility index (Phi) is 6.55. The van der Waals surface area contributed by atoms with Crippen LogP contribution in [-0.4, -0.2) is 46.0 Å². The molecule has 0 aliphatic carbocycles. The summed E-state index contributed by atoms with van der Waals surface area (Å²) in [7, 11) is 0. The molecule has 4 rings (SSSR count). The number of likely N-dealkylation sites (tertiary alicyclic amines) is 1. The van der Waals surface area contributed by atoms with Crippen molar-refractivity contribution in [3.63, 3.8) is 0 Å². The van der Waals surface area contributed by atoms with Crippen LogP contribution < -0.4 is 5.32 Å². The predicted octanol–water partition coefficient (Wildman–Crippen LogP) is 4.32. The van der Waals surface area contributed by atoms with Gasteiger partial charge < -0.3 is 14.7 Å². The van der Waals surface area contributed by atoms with Crippen LogP contribution >= 0.6 is 15.9 Å². The average molecular weight is 519 g/mol. The second kappa shape index (κ2) is 9.38. The molecule has 33 heavy (non-hydrogen) atoms. The Morgan fingerprint density at radius 1 is 1.18 bits per heavy atom. The fraction of sp³-hybridized carbons (Fsp3) is 0.304. The maximum Gasteiger partial charge on any atom is 0.378 e. The molecule has 1 aliphatic heterocycles. The van der Waals surface area contributed by atoms with E-state index >= 15 is 0 Å². The molecule has 2 heterocycles. The molecular formula is C23H21BrF2N4O3. The molecule has 10 heteroatoms. The number of carbonyl (C=O) groups excluding carboxylic acids is 2. The minimum absolute atomic E-state index is 0.0263. The van der Waals surface area contributed by atoms with E-state index in [-0.39, 0.29) is 11.7 Å². The molecule has 0 spiro atoms. The summed E-state index contributed by atoms with van der Waals surface area (Å²) in [6, 6.07) is 15.4. The van der Waals surface area contributed by atoms with Crippen LogP contribution in [0, 0.1) is 0 Å². The van der Waals surface area contributed by atoms with E-state index in [1.54, 1.807) is 11.8 Å². The van der Waals surface area contributed by atoms with E-state index in [4.69, 9.17) is 0 Å². The van der Waals surface area contributed by atoms with Crippen LogP contribution in [0.2, 0.25) is 0 Å². The molecule has 3 aromatic rings. The maximum absolute atomic E-state index is 13.2. The van der Waals surface area contributed by atoms with Gasteiger partial charge in [0, 0.05) is 46.1 Å². The predicted molar refractivity (Wildman–Crippen MR) is 120 cm³/mol. The van der Waals surface area contributed by atoms with Crippen molar-refractivity contribution in [3.8, 4) is 11.4 Å². The van der Waals surface area contributed by atoms with E-state index in [0.29, 0.717) is 30.1 Å². The third-order valence-electron chi connectivity index (χ3n) is 5.56. The van der Waals surface area contributed by atoms with Gasteiger partial charge >= 0.3 is 10.7 Å². The van der Waals surface area contributed by atoms with E-state index in [1.807, 2.05) is 18.2 Å². The van der Waals surface area contributed by atoms with Crippen LogP contribution in [0.5, 0.6) is 0 Å². The first kappa shape index (κ1) is 23.0. The van der Waals surface area contributed by atoms with Gasteiger partial charge in [0.05, 0.1) is 0 Å². The van der Waals surface area contributed by atoms with Gasteiger partial charge in [0.2, 0.25) is 11.7 Å². The van der Waals surface area contributed by atoms with Crippen molar-refractivity contribution >= 4 is 27.7 Å². The summed E-state index contributed by atoms with van der Waals surface area (Å²) in [6.07, 6.45) is 0.886. The molecule has 1 saturated heterocycles. The van der Waals surface area contributed by atoms with Crippen molar-refractivity contribution in [2.45, 2.75) is 30.1 Å². The lowest BCUT2D eigenvalue weighted by molar-refractivity contribution is -0.131. The van der Waals surface area contributed by atoms with Gasteiger partial charge in [0.25, 0.3) is 5.91 Å².